The van der Waals surface area contributed by atoms with Crippen LogP contribution >= 0.6 is 0 Å². The van der Waals surface area contributed by atoms with E-state index >= 15 is 0 Å². The van der Waals surface area contributed by atoms with Gasteiger partial charge in [0.25, 0.3) is 0 Å². The lowest BCUT2D eigenvalue weighted by Crippen LogP contribution is -2.45. The number of hydrogen-bond acceptors (Lipinski definition) is 5. The van der Waals surface area contributed by atoms with E-state index in [1.54, 1.807) is 0 Å². The molecule has 0 aromatic rings. The molecule has 0 spiro atoms. The Morgan fingerprint density at radius 2 is 0.618 bits per heavy atom. The fourth-order valence-electron chi connectivity index (χ4n) is 11.2. The van der Waals surface area contributed by atoms with Crippen molar-refractivity contribution in [1.82, 2.24) is 5.32 Å². The number of ether oxygens (including phenoxy) is 1. The summed E-state index contributed by atoms with van der Waals surface area (Å²) in [6, 6.07) is -0.540. The zero-order valence-corrected chi connectivity index (χ0v) is 51.8. The molecule has 3 N–H and O–H groups in total. The lowest BCUT2D eigenvalue weighted by atomic mass is 10.0. The maximum absolute atomic E-state index is 12.5. The minimum absolute atomic E-state index is 0.0189. The van der Waals surface area contributed by atoms with E-state index in [1.807, 2.05) is 0 Å². The average molecular weight is 1070 g/mol. The molecule has 6 nitrogen and oxygen atoms in total. The van der Waals surface area contributed by atoms with Crippen LogP contribution in [0.5, 0.6) is 0 Å². The van der Waals surface area contributed by atoms with Crippen LogP contribution in [-0.2, 0) is 14.3 Å². The molecule has 0 bridgehead atoms. The number of esters is 1. The number of nitrogens with one attached hydrogen (secondary N) is 1. The second-order valence-electron chi connectivity index (χ2n) is 24.2. The van der Waals surface area contributed by atoms with Gasteiger partial charge in [-0.3, -0.25) is 9.59 Å². The van der Waals surface area contributed by atoms with Gasteiger partial charge in [0, 0.05) is 12.8 Å². The van der Waals surface area contributed by atoms with E-state index < -0.39 is 12.1 Å². The van der Waals surface area contributed by atoms with Gasteiger partial charge in [-0.05, 0) is 51.4 Å². The first-order valence-corrected chi connectivity index (χ1v) is 34.9. The Labute approximate surface area is 476 Å². The third-order valence-electron chi connectivity index (χ3n) is 16.6. The largest absolute Gasteiger partial charge is 0.466 e. The standard InChI is InChI=1S/C70H137NO5/c1-3-5-7-9-11-13-15-17-18-32-35-39-42-46-50-54-58-62-68(73)67(66-72)71-69(74)63-59-55-51-47-43-40-36-33-30-28-26-24-22-20-19-21-23-25-27-29-31-34-37-41-45-49-53-57-61-65-76-70(75)64-60-56-52-48-44-38-16-14-12-10-8-6-4-2/h19,21,67-68,72-73H,3-18,20,22-66H2,1-2H3,(H,71,74)/b21-19-. The van der Waals surface area contributed by atoms with Crippen LogP contribution in [0.1, 0.15) is 399 Å². The molecular weight excluding hydrogens is 935 g/mol. The van der Waals surface area contributed by atoms with Crippen molar-refractivity contribution < 1.29 is 24.5 Å². The Balaban J connectivity index is 3.36. The van der Waals surface area contributed by atoms with Gasteiger partial charge >= 0.3 is 5.97 Å². The van der Waals surface area contributed by atoms with Gasteiger partial charge in [-0.2, -0.15) is 0 Å². The van der Waals surface area contributed by atoms with Crippen molar-refractivity contribution in [3.05, 3.63) is 12.2 Å². The molecule has 76 heavy (non-hydrogen) atoms. The number of rotatable bonds is 66. The molecule has 0 rings (SSSR count). The number of aliphatic hydroxyl groups is 2. The predicted octanol–water partition coefficient (Wildman–Crippen LogP) is 22.4. The van der Waals surface area contributed by atoms with Gasteiger partial charge in [-0.25, -0.2) is 0 Å². The quantitative estimate of drug-likeness (QED) is 0.0320. The second-order valence-corrected chi connectivity index (χ2v) is 24.2. The number of carbonyl (C=O) groups excluding carboxylic acids is 2. The van der Waals surface area contributed by atoms with Crippen molar-refractivity contribution in [2.24, 2.45) is 0 Å². The first-order valence-electron chi connectivity index (χ1n) is 34.9. The van der Waals surface area contributed by atoms with E-state index in [4.69, 9.17) is 4.74 Å². The molecule has 1 amide bonds. The molecule has 2 unspecified atom stereocenters. The van der Waals surface area contributed by atoms with Crippen molar-refractivity contribution in [1.29, 1.82) is 0 Å². The summed E-state index contributed by atoms with van der Waals surface area (Å²) < 4.78 is 5.49. The number of carbonyl (C=O) groups is 2. The fourth-order valence-corrected chi connectivity index (χ4v) is 11.2. The van der Waals surface area contributed by atoms with Crippen LogP contribution in [0.2, 0.25) is 0 Å². The number of unbranched alkanes of at least 4 members (excludes halogenated alkanes) is 53. The SMILES string of the molecule is CCCCCCCCCCCCCCCCCCCC(O)C(CO)NC(=O)CCCCCCCCCCCCCCC/C=C\CCCCCCCCCCCCCCOC(=O)CCCCCCCCCCCCCCC. The van der Waals surface area contributed by atoms with Gasteiger partial charge in [-0.15, -0.1) is 0 Å². The Bertz CT molecular complexity index is 1140. The minimum atomic E-state index is -0.663. The molecule has 0 saturated carbocycles. The lowest BCUT2D eigenvalue weighted by molar-refractivity contribution is -0.143. The third kappa shape index (κ3) is 61.8. The first-order chi connectivity index (χ1) is 37.5. The number of hydrogen-bond donors (Lipinski definition) is 3. The van der Waals surface area contributed by atoms with Gasteiger partial charge in [0.15, 0.2) is 0 Å². The van der Waals surface area contributed by atoms with Crippen molar-refractivity contribution >= 4 is 11.9 Å². The van der Waals surface area contributed by atoms with Crippen LogP contribution in [0.15, 0.2) is 12.2 Å². The van der Waals surface area contributed by atoms with E-state index in [0.717, 1.165) is 38.5 Å². The maximum Gasteiger partial charge on any atom is 0.305 e. The van der Waals surface area contributed by atoms with Crippen molar-refractivity contribution in [3.8, 4) is 0 Å². The van der Waals surface area contributed by atoms with Gasteiger partial charge < -0.3 is 20.3 Å². The number of amides is 1. The van der Waals surface area contributed by atoms with Gasteiger partial charge in [0.05, 0.1) is 25.4 Å². The predicted molar refractivity (Wildman–Crippen MR) is 333 cm³/mol. The molecule has 0 aliphatic carbocycles. The maximum atomic E-state index is 12.5. The van der Waals surface area contributed by atoms with Crippen LogP contribution < -0.4 is 5.32 Å². The van der Waals surface area contributed by atoms with E-state index in [-0.39, 0.29) is 18.5 Å². The lowest BCUT2D eigenvalue weighted by Gasteiger charge is -2.22. The Kier molecular flexibility index (Phi) is 64.9. The summed E-state index contributed by atoms with van der Waals surface area (Å²) in [6.45, 7) is 4.99. The highest BCUT2D eigenvalue weighted by Gasteiger charge is 2.20. The summed E-state index contributed by atoms with van der Waals surface area (Å²) >= 11 is 0. The van der Waals surface area contributed by atoms with Crippen LogP contribution in [0.25, 0.3) is 0 Å². The molecule has 0 saturated heterocycles. The summed E-state index contributed by atoms with van der Waals surface area (Å²) in [5.41, 5.74) is 0. The van der Waals surface area contributed by atoms with Crippen LogP contribution in [0.4, 0.5) is 0 Å². The van der Waals surface area contributed by atoms with E-state index in [2.05, 4.69) is 31.3 Å². The highest BCUT2D eigenvalue weighted by molar-refractivity contribution is 5.76. The molecule has 0 aromatic heterocycles. The highest BCUT2D eigenvalue weighted by Crippen LogP contribution is 2.19. The van der Waals surface area contributed by atoms with Crippen molar-refractivity contribution in [2.45, 2.75) is 411 Å². The summed E-state index contributed by atoms with van der Waals surface area (Å²) in [6.07, 6.45) is 81.1. The van der Waals surface area contributed by atoms with Crippen LogP contribution in [0, 0.1) is 0 Å². The summed E-state index contributed by atoms with van der Waals surface area (Å²) in [5, 5.41) is 23.4. The molecule has 0 fully saturated rings. The topological polar surface area (TPSA) is 95.9 Å². The molecule has 6 heteroatoms. The van der Waals surface area contributed by atoms with Gasteiger partial charge in [0.2, 0.25) is 5.91 Å². The minimum Gasteiger partial charge on any atom is -0.466 e. The Hall–Kier alpha value is -1.40. The smallest absolute Gasteiger partial charge is 0.305 e. The second kappa shape index (κ2) is 66.1. The highest BCUT2D eigenvalue weighted by atomic mass is 16.5. The zero-order chi connectivity index (χ0) is 55.0. The fraction of sp³-hybridized carbons (Fsp3) is 0.943. The summed E-state index contributed by atoms with van der Waals surface area (Å²) in [4.78, 5) is 24.6. The van der Waals surface area contributed by atoms with Crippen LogP contribution in [-0.4, -0.2) is 47.4 Å². The van der Waals surface area contributed by atoms with Gasteiger partial charge in [-0.1, -0.05) is 347 Å². The average Bonchev–Trinajstić information content (AvgIpc) is 3.42. The normalized spacial score (nSPS) is 12.5. The van der Waals surface area contributed by atoms with Crippen LogP contribution in [0.3, 0.4) is 0 Å². The molecule has 0 radical (unpaired) electrons. The van der Waals surface area contributed by atoms with Gasteiger partial charge in [0.1, 0.15) is 0 Å². The van der Waals surface area contributed by atoms with Crippen molar-refractivity contribution in [2.75, 3.05) is 13.2 Å². The van der Waals surface area contributed by atoms with Crippen molar-refractivity contribution in [3.63, 3.8) is 0 Å². The monoisotopic (exact) mass is 1070 g/mol. The molecule has 0 aromatic carbocycles. The molecule has 0 aliphatic heterocycles. The third-order valence-corrected chi connectivity index (χ3v) is 16.6. The number of allylic oxidation sites excluding steroid dienone is 2. The zero-order valence-electron chi connectivity index (χ0n) is 51.8. The summed E-state index contributed by atoms with van der Waals surface area (Å²) in [5.74, 6) is -0.0113. The first kappa shape index (κ1) is 74.6. The molecule has 2 atom stereocenters. The van der Waals surface area contributed by atoms with E-state index in [9.17, 15) is 19.8 Å². The number of aliphatic hydroxyl groups excluding tert-OH is 2. The Morgan fingerprint density at radius 3 is 0.934 bits per heavy atom. The molecular formula is C70H137NO5. The summed E-state index contributed by atoms with van der Waals surface area (Å²) in [7, 11) is 0. The molecule has 0 aliphatic rings. The van der Waals surface area contributed by atoms with E-state index in [0.29, 0.717) is 25.9 Å². The van der Waals surface area contributed by atoms with E-state index in [1.165, 1.54) is 327 Å². The molecule has 452 valence electrons. The Morgan fingerprint density at radius 1 is 0.355 bits per heavy atom. The molecule has 0 heterocycles.